The van der Waals surface area contributed by atoms with E-state index in [1.807, 2.05) is 36.4 Å². The van der Waals surface area contributed by atoms with Crippen molar-refractivity contribution < 1.29 is 9.59 Å². The SMILES string of the molecule is O=C(NCCC(c1ccccc1)c1ccccc1)C(=O)NC1CCCCCC1. The van der Waals surface area contributed by atoms with Gasteiger partial charge < -0.3 is 10.6 Å². The zero-order valence-corrected chi connectivity index (χ0v) is 16.4. The summed E-state index contributed by atoms with van der Waals surface area (Å²) in [4.78, 5) is 24.5. The van der Waals surface area contributed by atoms with Gasteiger partial charge in [0.1, 0.15) is 0 Å². The first kappa shape index (κ1) is 20.1. The van der Waals surface area contributed by atoms with Crippen LogP contribution >= 0.6 is 0 Å². The van der Waals surface area contributed by atoms with E-state index in [0.717, 1.165) is 32.1 Å². The molecule has 2 amide bonds. The normalized spacial score (nSPS) is 15.0. The third-order valence-electron chi connectivity index (χ3n) is 5.52. The van der Waals surface area contributed by atoms with E-state index in [4.69, 9.17) is 0 Å². The fraction of sp³-hybridized carbons (Fsp3) is 0.417. The first-order valence-corrected chi connectivity index (χ1v) is 10.4. The Morgan fingerprint density at radius 1 is 0.786 bits per heavy atom. The highest BCUT2D eigenvalue weighted by Gasteiger charge is 2.20. The molecule has 2 aromatic rings. The molecule has 0 unspecified atom stereocenters. The molecule has 1 fully saturated rings. The summed E-state index contributed by atoms with van der Waals surface area (Å²) in [7, 11) is 0. The second-order valence-corrected chi connectivity index (χ2v) is 7.58. The average Bonchev–Trinajstić information content (AvgIpc) is 3.01. The zero-order chi connectivity index (χ0) is 19.6. The highest BCUT2D eigenvalue weighted by Crippen LogP contribution is 2.27. The minimum Gasteiger partial charge on any atom is -0.348 e. The lowest BCUT2D eigenvalue weighted by Gasteiger charge is -2.19. The topological polar surface area (TPSA) is 58.2 Å². The first-order valence-electron chi connectivity index (χ1n) is 10.4. The van der Waals surface area contributed by atoms with Gasteiger partial charge in [0, 0.05) is 18.5 Å². The largest absolute Gasteiger partial charge is 0.348 e. The van der Waals surface area contributed by atoms with Crippen LogP contribution in [-0.2, 0) is 9.59 Å². The Morgan fingerprint density at radius 3 is 1.86 bits per heavy atom. The van der Waals surface area contributed by atoms with E-state index in [1.54, 1.807) is 0 Å². The lowest BCUT2D eigenvalue weighted by Crippen LogP contribution is -2.44. The maximum atomic E-state index is 12.2. The number of hydrogen-bond acceptors (Lipinski definition) is 2. The lowest BCUT2D eigenvalue weighted by molar-refractivity contribution is -0.139. The van der Waals surface area contributed by atoms with Crippen LogP contribution in [0.4, 0.5) is 0 Å². The molecule has 0 aromatic heterocycles. The van der Waals surface area contributed by atoms with Crippen LogP contribution < -0.4 is 10.6 Å². The summed E-state index contributed by atoms with van der Waals surface area (Å²) in [6.45, 7) is 0.464. The summed E-state index contributed by atoms with van der Waals surface area (Å²) >= 11 is 0. The van der Waals surface area contributed by atoms with Crippen molar-refractivity contribution in [1.82, 2.24) is 10.6 Å². The molecule has 2 N–H and O–H groups in total. The van der Waals surface area contributed by atoms with Gasteiger partial charge in [0.2, 0.25) is 0 Å². The van der Waals surface area contributed by atoms with E-state index in [9.17, 15) is 9.59 Å². The van der Waals surface area contributed by atoms with Gasteiger partial charge in [-0.05, 0) is 30.4 Å². The minimum atomic E-state index is -0.524. The minimum absolute atomic E-state index is 0.141. The monoisotopic (exact) mass is 378 g/mol. The van der Waals surface area contributed by atoms with Crippen molar-refractivity contribution in [2.45, 2.75) is 56.9 Å². The number of rotatable bonds is 6. The Kier molecular flexibility index (Phi) is 7.65. The highest BCUT2D eigenvalue weighted by atomic mass is 16.2. The van der Waals surface area contributed by atoms with E-state index in [0.29, 0.717) is 6.54 Å². The van der Waals surface area contributed by atoms with E-state index in [1.165, 1.54) is 24.0 Å². The summed E-state index contributed by atoms with van der Waals surface area (Å²) in [6, 6.07) is 20.7. The molecule has 1 aliphatic rings. The average molecular weight is 379 g/mol. The van der Waals surface area contributed by atoms with Crippen molar-refractivity contribution in [3.63, 3.8) is 0 Å². The molecule has 28 heavy (non-hydrogen) atoms. The highest BCUT2D eigenvalue weighted by molar-refractivity contribution is 6.35. The van der Waals surface area contributed by atoms with Gasteiger partial charge in [-0.15, -0.1) is 0 Å². The van der Waals surface area contributed by atoms with Gasteiger partial charge in [0.15, 0.2) is 0 Å². The van der Waals surface area contributed by atoms with Crippen LogP contribution in [-0.4, -0.2) is 24.4 Å². The predicted molar refractivity (Wildman–Crippen MR) is 112 cm³/mol. The molecule has 2 aromatic carbocycles. The van der Waals surface area contributed by atoms with Crippen LogP contribution in [0.5, 0.6) is 0 Å². The van der Waals surface area contributed by atoms with Crippen molar-refractivity contribution in [1.29, 1.82) is 0 Å². The second kappa shape index (κ2) is 10.6. The molecule has 0 radical (unpaired) electrons. The van der Waals surface area contributed by atoms with Crippen LogP contribution in [0, 0.1) is 0 Å². The summed E-state index contributed by atoms with van der Waals surface area (Å²) in [5.74, 6) is -0.834. The molecule has 4 heteroatoms. The summed E-state index contributed by atoms with van der Waals surface area (Å²) in [5.41, 5.74) is 2.43. The molecule has 148 valence electrons. The van der Waals surface area contributed by atoms with Gasteiger partial charge in [-0.1, -0.05) is 86.3 Å². The van der Waals surface area contributed by atoms with Gasteiger partial charge in [0.25, 0.3) is 0 Å². The fourth-order valence-electron chi connectivity index (χ4n) is 3.98. The molecule has 0 heterocycles. The van der Waals surface area contributed by atoms with Crippen LogP contribution in [0.15, 0.2) is 60.7 Å². The fourth-order valence-corrected chi connectivity index (χ4v) is 3.98. The number of amides is 2. The molecule has 0 aliphatic heterocycles. The van der Waals surface area contributed by atoms with Crippen LogP contribution in [0.2, 0.25) is 0 Å². The Labute approximate surface area is 167 Å². The van der Waals surface area contributed by atoms with Gasteiger partial charge >= 0.3 is 11.8 Å². The molecule has 1 aliphatic carbocycles. The zero-order valence-electron chi connectivity index (χ0n) is 16.4. The smallest absolute Gasteiger partial charge is 0.309 e. The number of hydrogen-bond donors (Lipinski definition) is 2. The Morgan fingerprint density at radius 2 is 1.32 bits per heavy atom. The van der Waals surface area contributed by atoms with Gasteiger partial charge in [0.05, 0.1) is 0 Å². The number of carbonyl (C=O) groups is 2. The van der Waals surface area contributed by atoms with Gasteiger partial charge in [-0.3, -0.25) is 9.59 Å². The van der Waals surface area contributed by atoms with Crippen LogP contribution in [0.3, 0.4) is 0 Å². The standard InChI is InChI=1S/C24H30N2O2/c27-23(24(28)26-21-15-9-1-2-10-16-21)25-18-17-22(19-11-5-3-6-12-19)20-13-7-4-8-14-20/h3-8,11-14,21-22H,1-2,9-10,15-18H2,(H,25,27)(H,26,28). The third kappa shape index (κ3) is 5.95. The lowest BCUT2D eigenvalue weighted by atomic mass is 9.88. The van der Waals surface area contributed by atoms with Crippen LogP contribution in [0.1, 0.15) is 62.0 Å². The summed E-state index contributed by atoms with van der Waals surface area (Å²) in [6.07, 6.45) is 7.39. The van der Waals surface area contributed by atoms with Crippen molar-refractivity contribution in [3.8, 4) is 0 Å². The van der Waals surface area contributed by atoms with Crippen LogP contribution in [0.25, 0.3) is 0 Å². The Bertz CT molecular complexity index is 698. The van der Waals surface area contributed by atoms with E-state index in [2.05, 4.69) is 34.9 Å². The summed E-state index contributed by atoms with van der Waals surface area (Å²) in [5, 5.41) is 5.72. The number of benzene rings is 2. The Hall–Kier alpha value is -2.62. The number of carbonyl (C=O) groups excluding carboxylic acids is 2. The van der Waals surface area contributed by atoms with Crippen molar-refractivity contribution >= 4 is 11.8 Å². The van der Waals surface area contributed by atoms with Crippen molar-refractivity contribution in [2.75, 3.05) is 6.54 Å². The molecule has 0 atom stereocenters. The second-order valence-electron chi connectivity index (χ2n) is 7.58. The first-order chi connectivity index (χ1) is 13.7. The molecule has 0 spiro atoms. The quantitative estimate of drug-likeness (QED) is 0.586. The maximum Gasteiger partial charge on any atom is 0.309 e. The van der Waals surface area contributed by atoms with Gasteiger partial charge in [-0.2, -0.15) is 0 Å². The molecule has 1 saturated carbocycles. The number of nitrogens with one attached hydrogen (secondary N) is 2. The van der Waals surface area contributed by atoms with E-state index in [-0.39, 0.29) is 12.0 Å². The van der Waals surface area contributed by atoms with Crippen molar-refractivity contribution in [2.24, 2.45) is 0 Å². The Balaban J connectivity index is 1.53. The molecule has 0 saturated heterocycles. The molecular weight excluding hydrogens is 348 g/mol. The molecule has 0 bridgehead atoms. The predicted octanol–water partition coefficient (Wildman–Crippen LogP) is 4.16. The van der Waals surface area contributed by atoms with Crippen molar-refractivity contribution in [3.05, 3.63) is 71.8 Å². The molecular formula is C24H30N2O2. The third-order valence-corrected chi connectivity index (χ3v) is 5.52. The molecule has 4 nitrogen and oxygen atoms in total. The maximum absolute atomic E-state index is 12.2. The summed E-state index contributed by atoms with van der Waals surface area (Å²) < 4.78 is 0. The molecule has 3 rings (SSSR count). The van der Waals surface area contributed by atoms with Gasteiger partial charge in [-0.25, -0.2) is 0 Å². The van der Waals surface area contributed by atoms with E-state index >= 15 is 0 Å². The van der Waals surface area contributed by atoms with E-state index < -0.39 is 11.8 Å².